The van der Waals surface area contributed by atoms with Crippen LogP contribution in [0, 0.1) is 11.2 Å². The molecule has 1 amide bonds. The van der Waals surface area contributed by atoms with Gasteiger partial charge < -0.3 is 25.5 Å². The summed E-state index contributed by atoms with van der Waals surface area (Å²) in [6, 6.07) is 3.22. The number of hydrogen-bond acceptors (Lipinski definition) is 6. The van der Waals surface area contributed by atoms with Crippen LogP contribution in [0.15, 0.2) is 12.1 Å². The SMILES string of the molecule is CC(CO)(CO)CN1C(=O)c2cc(F)c(NC3CCCCC3)cc2N(C2CCCC2)C1O. The van der Waals surface area contributed by atoms with Crippen molar-refractivity contribution in [1.82, 2.24) is 4.90 Å². The zero-order chi connectivity index (χ0) is 22.9. The number of halogens is 1. The number of carbonyl (C=O) groups excluding carboxylic acids is 1. The number of nitrogens with zero attached hydrogens (tertiary/aromatic N) is 2. The highest BCUT2D eigenvalue weighted by molar-refractivity contribution is 6.02. The van der Waals surface area contributed by atoms with Gasteiger partial charge in [0.2, 0.25) is 6.35 Å². The van der Waals surface area contributed by atoms with Gasteiger partial charge in [0.25, 0.3) is 5.91 Å². The summed E-state index contributed by atoms with van der Waals surface area (Å²) >= 11 is 0. The van der Waals surface area contributed by atoms with E-state index in [4.69, 9.17) is 0 Å². The van der Waals surface area contributed by atoms with Crippen LogP contribution in [0.5, 0.6) is 0 Å². The van der Waals surface area contributed by atoms with Gasteiger partial charge in [0.1, 0.15) is 5.82 Å². The molecule has 2 aliphatic carbocycles. The maximum atomic E-state index is 15.1. The van der Waals surface area contributed by atoms with Crippen LogP contribution in [0.2, 0.25) is 0 Å². The van der Waals surface area contributed by atoms with Crippen molar-refractivity contribution in [3.8, 4) is 0 Å². The zero-order valence-corrected chi connectivity index (χ0v) is 18.9. The third-order valence-corrected chi connectivity index (χ3v) is 7.38. The molecule has 32 heavy (non-hydrogen) atoms. The van der Waals surface area contributed by atoms with E-state index in [1.807, 2.05) is 4.90 Å². The molecule has 8 heteroatoms. The Hall–Kier alpha value is -1.90. The molecule has 1 heterocycles. The summed E-state index contributed by atoms with van der Waals surface area (Å²) in [7, 11) is 0. The highest BCUT2D eigenvalue weighted by Crippen LogP contribution is 2.40. The number of nitrogens with one attached hydrogen (secondary N) is 1. The van der Waals surface area contributed by atoms with E-state index >= 15 is 4.39 Å². The second-order valence-electron chi connectivity index (χ2n) is 10.1. The first-order valence-corrected chi connectivity index (χ1v) is 12.0. The fourth-order valence-corrected chi connectivity index (χ4v) is 5.34. The molecule has 1 aromatic carbocycles. The van der Waals surface area contributed by atoms with E-state index in [1.54, 1.807) is 13.0 Å². The first kappa shape index (κ1) is 23.3. The fourth-order valence-electron chi connectivity index (χ4n) is 5.34. The van der Waals surface area contributed by atoms with E-state index in [0.717, 1.165) is 51.4 Å². The maximum Gasteiger partial charge on any atom is 0.259 e. The molecule has 4 N–H and O–H groups in total. The van der Waals surface area contributed by atoms with Crippen LogP contribution in [0.1, 0.15) is 75.1 Å². The van der Waals surface area contributed by atoms with Crippen molar-refractivity contribution in [2.75, 3.05) is 30.0 Å². The van der Waals surface area contributed by atoms with E-state index in [-0.39, 0.29) is 37.4 Å². The Labute approximate surface area is 189 Å². The van der Waals surface area contributed by atoms with Crippen LogP contribution in [-0.2, 0) is 0 Å². The van der Waals surface area contributed by atoms with Gasteiger partial charge in [-0.25, -0.2) is 4.39 Å². The summed E-state index contributed by atoms with van der Waals surface area (Å²) in [5.41, 5.74) is 0.172. The van der Waals surface area contributed by atoms with Crippen molar-refractivity contribution in [3.05, 3.63) is 23.5 Å². The molecule has 1 aliphatic heterocycles. The number of fused-ring (bicyclic) bond motifs is 1. The number of rotatable bonds is 7. The molecule has 3 aliphatic rings. The first-order chi connectivity index (χ1) is 15.4. The molecule has 4 rings (SSSR count). The summed E-state index contributed by atoms with van der Waals surface area (Å²) in [4.78, 5) is 16.4. The lowest BCUT2D eigenvalue weighted by Gasteiger charge is -2.47. The lowest BCUT2D eigenvalue weighted by atomic mass is 9.91. The normalized spacial score (nSPS) is 23.0. The van der Waals surface area contributed by atoms with Gasteiger partial charge in [-0.15, -0.1) is 0 Å². The summed E-state index contributed by atoms with van der Waals surface area (Å²) in [6.07, 6.45) is 8.07. The molecule has 0 bridgehead atoms. The number of aliphatic hydroxyl groups excluding tert-OH is 3. The van der Waals surface area contributed by atoms with Crippen molar-refractivity contribution in [2.24, 2.45) is 5.41 Å². The molecule has 1 unspecified atom stereocenters. The monoisotopic (exact) mass is 449 g/mol. The summed E-state index contributed by atoms with van der Waals surface area (Å²) < 4.78 is 15.1. The summed E-state index contributed by atoms with van der Waals surface area (Å²) in [5, 5.41) is 34.1. The van der Waals surface area contributed by atoms with Crippen LogP contribution >= 0.6 is 0 Å². The molecule has 178 valence electrons. The predicted molar refractivity (Wildman–Crippen MR) is 121 cm³/mol. The van der Waals surface area contributed by atoms with Gasteiger partial charge >= 0.3 is 0 Å². The van der Waals surface area contributed by atoms with Gasteiger partial charge in [-0.05, 0) is 37.8 Å². The fraction of sp³-hybridized carbons (Fsp3) is 0.708. The second kappa shape index (κ2) is 9.53. The Bertz CT molecular complexity index is 820. The third kappa shape index (κ3) is 4.45. The van der Waals surface area contributed by atoms with Gasteiger partial charge in [-0.2, -0.15) is 0 Å². The quantitative estimate of drug-likeness (QED) is 0.511. The molecule has 0 aromatic heterocycles. The van der Waals surface area contributed by atoms with Crippen LogP contribution in [0.25, 0.3) is 0 Å². The number of carbonyl (C=O) groups is 1. The Morgan fingerprint density at radius 1 is 1.06 bits per heavy atom. The van der Waals surface area contributed by atoms with E-state index in [1.165, 1.54) is 17.4 Å². The molecule has 1 aromatic rings. The Morgan fingerprint density at radius 3 is 2.31 bits per heavy atom. The van der Waals surface area contributed by atoms with Gasteiger partial charge in [0, 0.05) is 24.0 Å². The number of amides is 1. The molecule has 0 saturated heterocycles. The standard InChI is InChI=1S/C24H36FN3O4/c1-24(14-29,15-30)13-27-22(31)18-11-19(25)20(26-16-7-3-2-4-8-16)12-21(18)28(23(27)32)17-9-5-6-10-17/h11-12,16-17,23,26,29-30,32H,2-10,13-15H2,1H3. The van der Waals surface area contributed by atoms with Crippen molar-refractivity contribution < 1.29 is 24.5 Å². The summed E-state index contributed by atoms with van der Waals surface area (Å²) in [6.45, 7) is 0.941. The Kier molecular flexibility index (Phi) is 6.93. The van der Waals surface area contributed by atoms with Gasteiger partial charge in [-0.3, -0.25) is 9.69 Å². The van der Waals surface area contributed by atoms with E-state index in [0.29, 0.717) is 11.4 Å². The van der Waals surface area contributed by atoms with Crippen LogP contribution in [-0.4, -0.2) is 64.3 Å². The van der Waals surface area contributed by atoms with Crippen molar-refractivity contribution in [1.29, 1.82) is 0 Å². The smallest absolute Gasteiger partial charge is 0.259 e. The van der Waals surface area contributed by atoms with Crippen molar-refractivity contribution in [3.63, 3.8) is 0 Å². The van der Waals surface area contributed by atoms with E-state index in [2.05, 4.69) is 5.32 Å². The van der Waals surface area contributed by atoms with Crippen LogP contribution in [0.3, 0.4) is 0 Å². The number of aliphatic hydroxyl groups is 3. The molecule has 7 nitrogen and oxygen atoms in total. The average Bonchev–Trinajstić information content (AvgIpc) is 3.33. The van der Waals surface area contributed by atoms with E-state index < -0.39 is 23.5 Å². The lowest BCUT2D eigenvalue weighted by Crippen LogP contribution is -2.60. The Balaban J connectivity index is 1.71. The van der Waals surface area contributed by atoms with Gasteiger partial charge in [-0.1, -0.05) is 39.0 Å². The Morgan fingerprint density at radius 2 is 1.69 bits per heavy atom. The highest BCUT2D eigenvalue weighted by atomic mass is 19.1. The second-order valence-corrected chi connectivity index (χ2v) is 10.1. The first-order valence-electron chi connectivity index (χ1n) is 12.0. The maximum absolute atomic E-state index is 15.1. The van der Waals surface area contributed by atoms with Crippen LogP contribution < -0.4 is 10.2 Å². The highest BCUT2D eigenvalue weighted by Gasteiger charge is 2.43. The molecule has 2 fully saturated rings. The van der Waals surface area contributed by atoms with Gasteiger partial charge in [0.15, 0.2) is 0 Å². The minimum atomic E-state index is -1.23. The lowest BCUT2D eigenvalue weighted by molar-refractivity contribution is -0.0383. The molecular formula is C24H36FN3O4. The number of hydrogen-bond donors (Lipinski definition) is 4. The molecule has 0 radical (unpaired) electrons. The number of anilines is 2. The topological polar surface area (TPSA) is 96.3 Å². The molecular weight excluding hydrogens is 413 g/mol. The van der Waals surface area contributed by atoms with Gasteiger partial charge in [0.05, 0.1) is 30.2 Å². The average molecular weight is 450 g/mol. The minimum Gasteiger partial charge on any atom is -0.396 e. The molecule has 0 spiro atoms. The van der Waals surface area contributed by atoms with E-state index in [9.17, 15) is 20.1 Å². The van der Waals surface area contributed by atoms with Crippen LogP contribution in [0.4, 0.5) is 15.8 Å². The molecule has 2 saturated carbocycles. The van der Waals surface area contributed by atoms with Crippen molar-refractivity contribution in [2.45, 2.75) is 83.1 Å². The minimum absolute atomic E-state index is 0.0354. The molecule has 1 atom stereocenters. The van der Waals surface area contributed by atoms with Crippen molar-refractivity contribution >= 4 is 17.3 Å². The zero-order valence-electron chi connectivity index (χ0n) is 18.9. The predicted octanol–water partition coefficient (Wildman–Crippen LogP) is 3.04. The summed E-state index contributed by atoms with van der Waals surface area (Å²) in [5.74, 6) is -0.963. The largest absolute Gasteiger partial charge is 0.396 e. The number of benzene rings is 1. The third-order valence-electron chi connectivity index (χ3n) is 7.38.